The quantitative estimate of drug-likeness (QED) is 0.788. The summed E-state index contributed by atoms with van der Waals surface area (Å²) < 4.78 is 23.3. The van der Waals surface area contributed by atoms with Gasteiger partial charge in [0.15, 0.2) is 9.84 Å². The molecule has 4 nitrogen and oxygen atoms in total. The number of nitrogens with two attached hydrogens (primary N) is 1. The van der Waals surface area contributed by atoms with Crippen molar-refractivity contribution >= 4 is 21.2 Å². The Morgan fingerprint density at radius 2 is 1.84 bits per heavy atom. The molecule has 1 aromatic rings. The Morgan fingerprint density at radius 1 is 1.26 bits per heavy atom. The molecule has 108 valence electrons. The molecule has 1 unspecified atom stereocenters. The maximum atomic E-state index is 11.6. The number of rotatable bonds is 6. The lowest BCUT2D eigenvalue weighted by Gasteiger charge is -2.24. The molecule has 1 rings (SSSR count). The van der Waals surface area contributed by atoms with Gasteiger partial charge >= 0.3 is 0 Å². The molecule has 0 saturated heterocycles. The van der Waals surface area contributed by atoms with Gasteiger partial charge in [0.25, 0.3) is 0 Å². The van der Waals surface area contributed by atoms with Crippen LogP contribution >= 0.6 is 0 Å². The Morgan fingerprint density at radius 3 is 2.32 bits per heavy atom. The minimum absolute atomic E-state index is 0.189. The second-order valence-electron chi connectivity index (χ2n) is 5.00. The van der Waals surface area contributed by atoms with Gasteiger partial charge in [0.2, 0.25) is 0 Å². The van der Waals surface area contributed by atoms with E-state index in [4.69, 9.17) is 5.73 Å². The van der Waals surface area contributed by atoms with E-state index < -0.39 is 9.84 Å². The third kappa shape index (κ3) is 3.86. The molecule has 0 aliphatic rings. The zero-order valence-corrected chi connectivity index (χ0v) is 12.9. The van der Waals surface area contributed by atoms with Gasteiger partial charge in [-0.15, -0.1) is 0 Å². The second kappa shape index (κ2) is 6.28. The summed E-state index contributed by atoms with van der Waals surface area (Å²) in [4.78, 5) is 0.189. The molecule has 0 fully saturated rings. The highest BCUT2D eigenvalue weighted by Crippen LogP contribution is 2.28. The number of sulfone groups is 1. The fourth-order valence-corrected chi connectivity index (χ4v) is 3.19. The van der Waals surface area contributed by atoms with E-state index in [0.717, 1.165) is 12.8 Å². The molecule has 0 aliphatic heterocycles. The standard InChI is InChI=1S/C14H24N2O2S/c1-5-11(6-2)10(3)16-12-8-7-9-13(14(12)15)19(4,17)18/h7-11,16H,5-6,15H2,1-4H3. The number of hydrogen-bond acceptors (Lipinski definition) is 4. The maximum absolute atomic E-state index is 11.6. The van der Waals surface area contributed by atoms with Crippen molar-refractivity contribution in [3.8, 4) is 0 Å². The van der Waals surface area contributed by atoms with Crippen LogP contribution in [0.25, 0.3) is 0 Å². The van der Waals surface area contributed by atoms with E-state index in [1.54, 1.807) is 6.07 Å². The van der Waals surface area contributed by atoms with E-state index >= 15 is 0 Å². The minimum atomic E-state index is -3.29. The van der Waals surface area contributed by atoms with Gasteiger partial charge in [-0.25, -0.2) is 8.42 Å². The maximum Gasteiger partial charge on any atom is 0.177 e. The Balaban J connectivity index is 3.04. The van der Waals surface area contributed by atoms with Crippen LogP contribution in [0, 0.1) is 5.92 Å². The van der Waals surface area contributed by atoms with Crippen LogP contribution in [0.5, 0.6) is 0 Å². The van der Waals surface area contributed by atoms with Crippen molar-refractivity contribution < 1.29 is 8.42 Å². The smallest absolute Gasteiger partial charge is 0.177 e. The summed E-state index contributed by atoms with van der Waals surface area (Å²) in [6, 6.07) is 5.34. The summed E-state index contributed by atoms with van der Waals surface area (Å²) >= 11 is 0. The van der Waals surface area contributed by atoms with E-state index in [2.05, 4.69) is 26.1 Å². The highest BCUT2D eigenvalue weighted by molar-refractivity contribution is 7.90. The van der Waals surface area contributed by atoms with Crippen molar-refractivity contribution in [1.82, 2.24) is 0 Å². The Kier molecular flexibility index (Phi) is 5.23. The molecule has 0 aromatic heterocycles. The van der Waals surface area contributed by atoms with Crippen LogP contribution in [-0.4, -0.2) is 20.7 Å². The van der Waals surface area contributed by atoms with Crippen LogP contribution in [0.1, 0.15) is 33.6 Å². The lowest BCUT2D eigenvalue weighted by atomic mass is 9.95. The molecule has 0 bridgehead atoms. The monoisotopic (exact) mass is 284 g/mol. The normalized spacial score (nSPS) is 13.5. The Bertz CT molecular complexity index is 522. The first-order valence-corrected chi connectivity index (χ1v) is 8.55. The van der Waals surface area contributed by atoms with Crippen molar-refractivity contribution in [2.24, 2.45) is 5.92 Å². The van der Waals surface area contributed by atoms with Crippen LogP contribution in [0.4, 0.5) is 11.4 Å². The van der Waals surface area contributed by atoms with Gasteiger partial charge in [-0.05, 0) is 25.0 Å². The summed E-state index contributed by atoms with van der Waals surface area (Å²) in [5.74, 6) is 0.543. The zero-order valence-electron chi connectivity index (χ0n) is 12.1. The first-order valence-electron chi connectivity index (χ1n) is 6.66. The predicted octanol–water partition coefficient (Wildman–Crippen LogP) is 2.91. The number of benzene rings is 1. The first kappa shape index (κ1) is 15.8. The predicted molar refractivity (Wildman–Crippen MR) is 81.1 cm³/mol. The topological polar surface area (TPSA) is 72.2 Å². The minimum Gasteiger partial charge on any atom is -0.396 e. The van der Waals surface area contributed by atoms with Crippen LogP contribution < -0.4 is 11.1 Å². The highest BCUT2D eigenvalue weighted by atomic mass is 32.2. The zero-order chi connectivity index (χ0) is 14.6. The van der Waals surface area contributed by atoms with Crippen molar-refractivity contribution in [3.63, 3.8) is 0 Å². The molecular weight excluding hydrogens is 260 g/mol. The third-order valence-corrected chi connectivity index (χ3v) is 4.76. The highest BCUT2D eigenvalue weighted by Gasteiger charge is 2.17. The van der Waals surface area contributed by atoms with E-state index in [9.17, 15) is 8.42 Å². The van der Waals surface area contributed by atoms with E-state index in [0.29, 0.717) is 17.3 Å². The molecule has 0 amide bonds. The molecule has 3 N–H and O–H groups in total. The summed E-state index contributed by atoms with van der Waals surface area (Å²) in [5.41, 5.74) is 6.96. The van der Waals surface area contributed by atoms with E-state index in [1.807, 2.05) is 6.07 Å². The van der Waals surface area contributed by atoms with E-state index in [-0.39, 0.29) is 10.9 Å². The molecule has 1 aromatic carbocycles. The van der Waals surface area contributed by atoms with Gasteiger partial charge in [-0.1, -0.05) is 32.8 Å². The van der Waals surface area contributed by atoms with Gasteiger partial charge in [0.1, 0.15) is 0 Å². The number of nitrogen functional groups attached to an aromatic ring is 1. The molecule has 0 radical (unpaired) electrons. The van der Waals surface area contributed by atoms with Gasteiger partial charge in [0.05, 0.1) is 16.3 Å². The number of nitrogens with one attached hydrogen (secondary N) is 1. The van der Waals surface area contributed by atoms with Crippen molar-refractivity contribution in [1.29, 1.82) is 0 Å². The average Bonchev–Trinajstić information content (AvgIpc) is 2.32. The molecule has 5 heteroatoms. The average molecular weight is 284 g/mol. The lowest BCUT2D eigenvalue weighted by molar-refractivity contribution is 0.438. The number of hydrogen-bond donors (Lipinski definition) is 2. The SMILES string of the molecule is CCC(CC)C(C)Nc1cccc(S(C)(=O)=O)c1N. The van der Waals surface area contributed by atoms with Crippen molar-refractivity contribution in [2.45, 2.75) is 44.6 Å². The number of para-hydroxylation sites is 1. The molecule has 0 saturated carbocycles. The second-order valence-corrected chi connectivity index (χ2v) is 6.98. The van der Waals surface area contributed by atoms with Crippen LogP contribution in [0.2, 0.25) is 0 Å². The summed E-state index contributed by atoms with van der Waals surface area (Å²) in [5, 5.41) is 3.34. The summed E-state index contributed by atoms with van der Waals surface area (Å²) in [6.07, 6.45) is 3.33. The Labute approximate surface area is 116 Å². The first-order chi connectivity index (χ1) is 8.81. The fourth-order valence-electron chi connectivity index (χ4n) is 2.35. The van der Waals surface area contributed by atoms with Crippen LogP contribution in [0.3, 0.4) is 0 Å². The fraction of sp³-hybridized carbons (Fsp3) is 0.571. The summed E-state index contributed by atoms with van der Waals surface area (Å²) in [6.45, 7) is 6.41. The van der Waals surface area contributed by atoms with Gasteiger partial charge < -0.3 is 11.1 Å². The van der Waals surface area contributed by atoms with Gasteiger partial charge in [-0.3, -0.25) is 0 Å². The van der Waals surface area contributed by atoms with Crippen molar-refractivity contribution in [2.75, 3.05) is 17.3 Å². The molecule has 0 heterocycles. The molecule has 1 atom stereocenters. The lowest BCUT2D eigenvalue weighted by Crippen LogP contribution is -2.25. The van der Waals surface area contributed by atoms with Gasteiger partial charge in [0, 0.05) is 12.3 Å². The van der Waals surface area contributed by atoms with E-state index in [1.165, 1.54) is 12.3 Å². The summed E-state index contributed by atoms with van der Waals surface area (Å²) in [7, 11) is -3.29. The number of anilines is 2. The Hall–Kier alpha value is -1.23. The molecule has 19 heavy (non-hydrogen) atoms. The molecule has 0 aliphatic carbocycles. The van der Waals surface area contributed by atoms with Gasteiger partial charge in [-0.2, -0.15) is 0 Å². The molecule has 0 spiro atoms. The van der Waals surface area contributed by atoms with Crippen molar-refractivity contribution in [3.05, 3.63) is 18.2 Å². The third-order valence-electron chi connectivity index (χ3n) is 3.60. The van der Waals surface area contributed by atoms with Crippen LogP contribution in [0.15, 0.2) is 23.1 Å². The van der Waals surface area contributed by atoms with Crippen LogP contribution in [-0.2, 0) is 9.84 Å². The molecular formula is C14H24N2O2S. The largest absolute Gasteiger partial charge is 0.396 e.